The monoisotopic (exact) mass is 481 g/mol. The summed E-state index contributed by atoms with van der Waals surface area (Å²) >= 11 is 0. The Morgan fingerprint density at radius 3 is 1.88 bits per heavy atom. The smallest absolute Gasteiger partial charge is 0.222 e. The lowest BCUT2D eigenvalue weighted by molar-refractivity contribution is -0.124. The van der Waals surface area contributed by atoms with Crippen LogP contribution in [0, 0.1) is 0 Å². The Bertz CT molecular complexity index is 506. The Kier molecular flexibility index (Phi) is 24.1. The third-order valence-electron chi connectivity index (χ3n) is 6.24. The molecule has 0 rings (SSSR count). The quantitative estimate of drug-likeness (QED) is 0.0954. The molecule has 0 aromatic rings. The molecule has 0 aliphatic heterocycles. The van der Waals surface area contributed by atoms with E-state index in [0.717, 1.165) is 32.1 Å². The first-order valence-electron chi connectivity index (χ1n) is 14.1. The van der Waals surface area contributed by atoms with Gasteiger partial charge in [-0.25, -0.2) is 0 Å². The van der Waals surface area contributed by atoms with E-state index >= 15 is 0 Å². The van der Waals surface area contributed by atoms with E-state index in [1.807, 2.05) is 6.08 Å². The van der Waals surface area contributed by atoms with Gasteiger partial charge in [-0.15, -0.1) is 0 Å². The normalized spacial score (nSPS) is 14.6. The van der Waals surface area contributed by atoms with Gasteiger partial charge in [-0.05, 0) is 32.1 Å². The van der Waals surface area contributed by atoms with Gasteiger partial charge in [0, 0.05) is 0 Å². The summed E-state index contributed by atoms with van der Waals surface area (Å²) < 4.78 is 0. The highest BCUT2D eigenvalue weighted by atomic mass is 16.3. The molecule has 34 heavy (non-hydrogen) atoms. The lowest BCUT2D eigenvalue weighted by Gasteiger charge is -2.21. The Labute approximate surface area is 210 Å². The summed E-state index contributed by atoms with van der Waals surface area (Å²) in [4.78, 5) is 12.2. The van der Waals surface area contributed by atoms with E-state index in [1.54, 1.807) is 6.08 Å². The summed E-state index contributed by atoms with van der Waals surface area (Å²) in [5.41, 5.74) is 0. The van der Waals surface area contributed by atoms with Gasteiger partial charge < -0.3 is 20.6 Å². The first-order valence-corrected chi connectivity index (χ1v) is 14.1. The Morgan fingerprint density at radius 2 is 1.26 bits per heavy atom. The maximum absolute atomic E-state index is 12.2. The molecule has 0 aliphatic carbocycles. The third kappa shape index (κ3) is 21.4. The summed E-state index contributed by atoms with van der Waals surface area (Å²) in [6.45, 7) is 4.10. The highest BCUT2D eigenvalue weighted by molar-refractivity contribution is 5.76. The van der Waals surface area contributed by atoms with E-state index in [-0.39, 0.29) is 18.9 Å². The van der Waals surface area contributed by atoms with Crippen LogP contribution in [-0.4, -0.2) is 46.1 Å². The van der Waals surface area contributed by atoms with E-state index < -0.39 is 18.2 Å². The lowest BCUT2D eigenvalue weighted by Crippen LogP contribution is -2.45. The molecule has 0 aromatic heterocycles. The topological polar surface area (TPSA) is 89.8 Å². The Balaban J connectivity index is 3.93. The second-order valence-electron chi connectivity index (χ2n) is 9.65. The van der Waals surface area contributed by atoms with Gasteiger partial charge in [-0.3, -0.25) is 4.79 Å². The van der Waals surface area contributed by atoms with Gasteiger partial charge in [0.15, 0.2) is 0 Å². The van der Waals surface area contributed by atoms with Crippen LogP contribution in [0.1, 0.15) is 129 Å². The summed E-state index contributed by atoms with van der Waals surface area (Å²) in [7, 11) is 0. The van der Waals surface area contributed by atoms with Gasteiger partial charge in [0.05, 0.1) is 31.3 Å². The van der Waals surface area contributed by atoms with Crippen molar-refractivity contribution in [3.8, 4) is 0 Å². The number of hydrogen-bond acceptors (Lipinski definition) is 4. The van der Waals surface area contributed by atoms with Gasteiger partial charge in [0.25, 0.3) is 0 Å². The number of amides is 1. The molecule has 0 saturated heterocycles. The molecule has 0 spiro atoms. The minimum atomic E-state index is -0.943. The highest BCUT2D eigenvalue weighted by Gasteiger charge is 2.19. The molecule has 0 heterocycles. The van der Waals surface area contributed by atoms with Crippen molar-refractivity contribution >= 4 is 5.91 Å². The zero-order valence-electron chi connectivity index (χ0n) is 22.2. The lowest BCUT2D eigenvalue weighted by atomic mass is 10.0. The largest absolute Gasteiger partial charge is 0.394 e. The first kappa shape index (κ1) is 32.8. The summed E-state index contributed by atoms with van der Waals surface area (Å²) in [5.74, 6) is -0.334. The van der Waals surface area contributed by atoms with E-state index in [4.69, 9.17) is 0 Å². The van der Waals surface area contributed by atoms with Gasteiger partial charge in [0.1, 0.15) is 0 Å². The van der Waals surface area contributed by atoms with E-state index in [1.165, 1.54) is 70.6 Å². The predicted octanol–water partition coefficient (Wildman–Crippen LogP) is 6.36. The fourth-order valence-corrected chi connectivity index (χ4v) is 4.00. The predicted molar refractivity (Wildman–Crippen MR) is 144 cm³/mol. The van der Waals surface area contributed by atoms with Crippen molar-refractivity contribution in [3.63, 3.8) is 0 Å². The number of nitrogens with one attached hydrogen (secondary N) is 1. The molecule has 3 atom stereocenters. The van der Waals surface area contributed by atoms with Crippen molar-refractivity contribution in [1.82, 2.24) is 5.32 Å². The van der Waals surface area contributed by atoms with Gasteiger partial charge in [0.2, 0.25) is 5.91 Å². The fourth-order valence-electron chi connectivity index (χ4n) is 4.00. The maximum atomic E-state index is 12.2. The van der Waals surface area contributed by atoms with Gasteiger partial charge in [-0.2, -0.15) is 0 Å². The van der Waals surface area contributed by atoms with Gasteiger partial charge >= 0.3 is 0 Å². The van der Waals surface area contributed by atoms with Crippen molar-refractivity contribution in [2.75, 3.05) is 6.61 Å². The van der Waals surface area contributed by atoms with Crippen molar-refractivity contribution in [2.45, 2.75) is 148 Å². The average Bonchev–Trinajstić information content (AvgIpc) is 2.82. The molecule has 5 heteroatoms. The van der Waals surface area contributed by atoms with Crippen molar-refractivity contribution < 1.29 is 20.1 Å². The molecule has 4 N–H and O–H groups in total. The Hall–Kier alpha value is -1.17. The SMILES string of the molecule is CCCCCCCC/C=C/CC/C=C/C(O)C(CO)NC(=O)CC(O)CCCCCCCCC. The number of rotatable bonds is 24. The standard InChI is InChI=1S/C29H55NO4/c1-3-5-7-9-11-12-13-14-15-17-19-21-23-28(33)27(25-31)30-29(34)24-26(32)22-20-18-16-10-8-6-4-2/h14-15,21,23,26-28,31-33H,3-13,16-20,22,24-25H2,1-2H3,(H,30,34)/b15-14+,23-21+. The van der Waals surface area contributed by atoms with Crippen LogP contribution in [0.25, 0.3) is 0 Å². The minimum absolute atomic E-state index is 0.00612. The van der Waals surface area contributed by atoms with E-state index in [2.05, 4.69) is 31.3 Å². The molecule has 5 nitrogen and oxygen atoms in total. The molecule has 0 fully saturated rings. The molecule has 1 amide bonds. The highest BCUT2D eigenvalue weighted by Crippen LogP contribution is 2.11. The second kappa shape index (κ2) is 24.9. The van der Waals surface area contributed by atoms with Crippen LogP contribution in [0.3, 0.4) is 0 Å². The zero-order valence-corrected chi connectivity index (χ0v) is 22.2. The molecule has 200 valence electrons. The molecule has 0 saturated carbocycles. The molecular weight excluding hydrogens is 426 g/mol. The molecular formula is C29H55NO4. The van der Waals surface area contributed by atoms with Crippen molar-refractivity contribution in [2.24, 2.45) is 0 Å². The number of aliphatic hydroxyl groups excluding tert-OH is 3. The van der Waals surface area contributed by atoms with Crippen LogP contribution >= 0.6 is 0 Å². The number of allylic oxidation sites excluding steroid dienone is 3. The fraction of sp³-hybridized carbons (Fsp3) is 0.828. The van der Waals surface area contributed by atoms with Crippen molar-refractivity contribution in [3.05, 3.63) is 24.3 Å². The number of carbonyl (C=O) groups excluding carboxylic acids is 1. The third-order valence-corrected chi connectivity index (χ3v) is 6.24. The summed E-state index contributed by atoms with van der Waals surface area (Å²) in [6.07, 6.45) is 25.9. The summed E-state index contributed by atoms with van der Waals surface area (Å²) in [6, 6.07) is -0.752. The van der Waals surface area contributed by atoms with Crippen LogP contribution in [0.4, 0.5) is 0 Å². The number of aliphatic hydroxyl groups is 3. The zero-order chi connectivity index (χ0) is 25.3. The van der Waals surface area contributed by atoms with Crippen LogP contribution in [0.2, 0.25) is 0 Å². The minimum Gasteiger partial charge on any atom is -0.394 e. The van der Waals surface area contributed by atoms with Crippen LogP contribution in [0.5, 0.6) is 0 Å². The average molecular weight is 482 g/mol. The first-order chi connectivity index (χ1) is 16.5. The summed E-state index contributed by atoms with van der Waals surface area (Å²) in [5, 5.41) is 32.6. The molecule has 0 aromatic carbocycles. The van der Waals surface area contributed by atoms with Crippen molar-refractivity contribution in [1.29, 1.82) is 0 Å². The molecule has 3 unspecified atom stereocenters. The molecule has 0 radical (unpaired) electrons. The molecule has 0 bridgehead atoms. The number of hydrogen-bond donors (Lipinski definition) is 4. The van der Waals surface area contributed by atoms with E-state index in [0.29, 0.717) is 6.42 Å². The second-order valence-corrected chi connectivity index (χ2v) is 9.65. The van der Waals surface area contributed by atoms with Crippen LogP contribution in [-0.2, 0) is 4.79 Å². The van der Waals surface area contributed by atoms with Crippen LogP contribution in [0.15, 0.2) is 24.3 Å². The number of carbonyl (C=O) groups is 1. The Morgan fingerprint density at radius 1 is 0.735 bits per heavy atom. The van der Waals surface area contributed by atoms with Crippen LogP contribution < -0.4 is 5.32 Å². The van der Waals surface area contributed by atoms with Gasteiger partial charge in [-0.1, -0.05) is 115 Å². The number of unbranched alkanes of at least 4 members (excludes halogenated alkanes) is 13. The molecule has 0 aliphatic rings. The van der Waals surface area contributed by atoms with E-state index in [9.17, 15) is 20.1 Å². The maximum Gasteiger partial charge on any atom is 0.222 e.